The molecule has 2 aliphatic heterocycles. The van der Waals surface area contributed by atoms with E-state index in [0.717, 1.165) is 73.5 Å². The minimum atomic E-state index is -0.0745. The van der Waals surface area contributed by atoms with Crippen LogP contribution in [0.4, 0.5) is 34.1 Å². The maximum Gasteiger partial charge on any atom is 0.260 e. The first-order valence-corrected chi connectivity index (χ1v) is 23.0. The molecular formula is C56H37BN2O2S2. The molecule has 63 heavy (non-hydrogen) atoms. The summed E-state index contributed by atoms with van der Waals surface area (Å²) < 4.78 is 18.9. The quantitative estimate of drug-likeness (QED) is 0.156. The van der Waals surface area contributed by atoms with Crippen molar-refractivity contribution in [3.8, 4) is 23.0 Å². The number of nitrogens with zero attached hydrogens (tertiary/aromatic N) is 2. The first kappa shape index (κ1) is 36.3. The number of aryl methyl sites for hydroxylation is 2. The van der Waals surface area contributed by atoms with Gasteiger partial charge in [0, 0.05) is 92.1 Å². The minimum absolute atomic E-state index is 0.0745. The topological polar surface area (TPSA) is 24.9 Å². The molecule has 2 aliphatic rings. The van der Waals surface area contributed by atoms with Crippen molar-refractivity contribution in [3.63, 3.8) is 0 Å². The average Bonchev–Trinajstić information content (AvgIpc) is 3.88. The monoisotopic (exact) mass is 844 g/mol. The van der Waals surface area contributed by atoms with E-state index < -0.39 is 0 Å². The van der Waals surface area contributed by atoms with E-state index in [-0.39, 0.29) is 6.71 Å². The Hall–Kier alpha value is -7.32. The molecule has 13 rings (SSSR count). The largest absolute Gasteiger partial charge is 0.458 e. The molecule has 0 aliphatic carbocycles. The van der Waals surface area contributed by atoms with Gasteiger partial charge in [-0.3, -0.25) is 0 Å². The summed E-state index contributed by atoms with van der Waals surface area (Å²) in [5, 5.41) is 5.09. The van der Waals surface area contributed by atoms with Crippen LogP contribution in [-0.4, -0.2) is 6.71 Å². The number of hydrogen-bond donors (Lipinski definition) is 0. The second-order valence-corrected chi connectivity index (χ2v) is 18.8. The standard InChI is InChI=1S/C56H37BN2O2S2/c1-34-14-18-36(19-15-34)58(38-24-28-54-44(30-38)42-8-3-5-12-52(42)62-54)40-22-26-46-50(32-40)60-48-10-7-11-49-56(48)57(46)47-27-23-41(33-51(47)61-49)59(37-20-16-35(2)17-21-37)39-25-29-55-45(31-39)43-9-4-6-13-53(43)63-55/h3-33H,1-2H3. The number of fused-ring (bicyclic) bond motifs is 10. The zero-order valence-electron chi connectivity index (χ0n) is 34.5. The van der Waals surface area contributed by atoms with Crippen molar-refractivity contribution < 1.29 is 9.47 Å². The van der Waals surface area contributed by atoms with Crippen molar-refractivity contribution >= 4 is 120 Å². The normalized spacial score (nSPS) is 12.5. The van der Waals surface area contributed by atoms with E-state index in [1.165, 1.54) is 51.5 Å². The Morgan fingerprint density at radius 1 is 0.349 bits per heavy atom. The molecule has 0 N–H and O–H groups in total. The van der Waals surface area contributed by atoms with Crippen LogP contribution in [0.5, 0.6) is 23.0 Å². The first-order valence-electron chi connectivity index (χ1n) is 21.3. The van der Waals surface area contributed by atoms with Crippen LogP contribution in [0, 0.1) is 13.8 Å². The van der Waals surface area contributed by atoms with Gasteiger partial charge in [-0.05, 0) is 122 Å². The van der Waals surface area contributed by atoms with Gasteiger partial charge in [-0.15, -0.1) is 22.7 Å². The van der Waals surface area contributed by atoms with Crippen LogP contribution in [0.3, 0.4) is 0 Å². The van der Waals surface area contributed by atoms with Crippen molar-refractivity contribution in [2.75, 3.05) is 9.80 Å². The van der Waals surface area contributed by atoms with Gasteiger partial charge in [-0.2, -0.15) is 0 Å². The third-order valence-electron chi connectivity index (χ3n) is 12.7. The highest BCUT2D eigenvalue weighted by atomic mass is 32.1. The Labute approximate surface area is 373 Å². The molecule has 0 bridgehead atoms. The van der Waals surface area contributed by atoms with Crippen LogP contribution in [0.1, 0.15) is 11.1 Å². The fourth-order valence-electron chi connectivity index (χ4n) is 9.67. The van der Waals surface area contributed by atoms with E-state index in [2.05, 4.69) is 206 Å². The van der Waals surface area contributed by atoms with Gasteiger partial charge in [-0.25, -0.2) is 0 Å². The molecule has 9 aromatic carbocycles. The lowest BCUT2D eigenvalue weighted by atomic mass is 9.35. The third kappa shape index (κ3) is 5.88. The number of ether oxygens (including phenoxy) is 2. The lowest BCUT2D eigenvalue weighted by Crippen LogP contribution is -2.57. The van der Waals surface area contributed by atoms with Gasteiger partial charge in [0.15, 0.2) is 0 Å². The summed E-state index contributed by atoms with van der Waals surface area (Å²) >= 11 is 3.68. The van der Waals surface area contributed by atoms with Gasteiger partial charge in [0.1, 0.15) is 23.0 Å². The number of benzene rings is 9. The maximum absolute atomic E-state index is 6.87. The Kier molecular flexibility index (Phi) is 8.14. The minimum Gasteiger partial charge on any atom is -0.458 e. The molecule has 0 unspecified atom stereocenters. The van der Waals surface area contributed by atoms with E-state index in [0.29, 0.717) is 0 Å². The molecule has 0 fully saturated rings. The second kappa shape index (κ2) is 14.1. The molecule has 0 spiro atoms. The van der Waals surface area contributed by atoms with E-state index in [1.807, 2.05) is 28.7 Å². The smallest absolute Gasteiger partial charge is 0.260 e. The number of rotatable bonds is 6. The van der Waals surface area contributed by atoms with Crippen LogP contribution in [0.2, 0.25) is 0 Å². The predicted octanol–water partition coefficient (Wildman–Crippen LogP) is 14.7. The van der Waals surface area contributed by atoms with Crippen LogP contribution < -0.4 is 35.7 Å². The molecule has 0 atom stereocenters. The van der Waals surface area contributed by atoms with Crippen molar-refractivity contribution in [3.05, 3.63) is 199 Å². The summed E-state index contributed by atoms with van der Waals surface area (Å²) in [5.74, 6) is 3.33. The lowest BCUT2D eigenvalue weighted by molar-refractivity contribution is 0.464. The van der Waals surface area contributed by atoms with Gasteiger partial charge in [0.2, 0.25) is 0 Å². The molecule has 0 saturated carbocycles. The van der Waals surface area contributed by atoms with Crippen molar-refractivity contribution in [1.82, 2.24) is 0 Å². The van der Waals surface area contributed by atoms with E-state index in [9.17, 15) is 0 Å². The van der Waals surface area contributed by atoms with Gasteiger partial charge >= 0.3 is 0 Å². The maximum atomic E-state index is 6.87. The summed E-state index contributed by atoms with van der Waals surface area (Å²) in [6, 6.07) is 68.3. The van der Waals surface area contributed by atoms with Gasteiger partial charge in [0.05, 0.1) is 0 Å². The first-order chi connectivity index (χ1) is 31.0. The molecule has 298 valence electrons. The SMILES string of the molecule is Cc1ccc(N(c2ccc3c(c2)Oc2cccc4c2B3c2ccc(N(c3ccc(C)cc3)c3ccc5sc6ccccc6c5c3)cc2O4)c2ccc3sc4ccccc4c3c2)cc1. The molecule has 11 aromatic rings. The summed E-state index contributed by atoms with van der Waals surface area (Å²) in [4.78, 5) is 4.70. The zero-order chi connectivity index (χ0) is 41.8. The Balaban J connectivity index is 0.937. The Bertz CT molecular complexity index is 3400. The summed E-state index contributed by atoms with van der Waals surface area (Å²) in [6.07, 6.45) is 0. The molecule has 4 heterocycles. The number of hydrogen-bond acceptors (Lipinski definition) is 6. The Morgan fingerprint density at radius 2 is 0.746 bits per heavy atom. The fraction of sp³-hybridized carbons (Fsp3) is 0.0357. The summed E-state index contributed by atoms with van der Waals surface area (Å²) in [7, 11) is 0. The van der Waals surface area contributed by atoms with Gasteiger partial charge < -0.3 is 19.3 Å². The number of thiophene rings is 2. The highest BCUT2D eigenvalue weighted by molar-refractivity contribution is 7.26. The molecular weight excluding hydrogens is 808 g/mol. The molecule has 0 radical (unpaired) electrons. The van der Waals surface area contributed by atoms with Crippen molar-refractivity contribution in [1.29, 1.82) is 0 Å². The van der Waals surface area contributed by atoms with Crippen LogP contribution in [0.25, 0.3) is 40.3 Å². The van der Waals surface area contributed by atoms with Crippen molar-refractivity contribution in [2.45, 2.75) is 13.8 Å². The van der Waals surface area contributed by atoms with Gasteiger partial charge in [-0.1, -0.05) is 90.0 Å². The van der Waals surface area contributed by atoms with Crippen LogP contribution in [0.15, 0.2) is 188 Å². The predicted molar refractivity (Wildman–Crippen MR) is 269 cm³/mol. The zero-order valence-corrected chi connectivity index (χ0v) is 36.1. The second-order valence-electron chi connectivity index (χ2n) is 16.6. The fourth-order valence-corrected chi connectivity index (χ4v) is 11.8. The summed E-state index contributed by atoms with van der Waals surface area (Å²) in [6.45, 7) is 4.20. The summed E-state index contributed by atoms with van der Waals surface area (Å²) in [5.41, 5.74) is 12.2. The van der Waals surface area contributed by atoms with E-state index in [4.69, 9.17) is 9.47 Å². The van der Waals surface area contributed by atoms with Crippen LogP contribution in [-0.2, 0) is 0 Å². The highest BCUT2D eigenvalue weighted by Crippen LogP contribution is 2.45. The van der Waals surface area contributed by atoms with Crippen LogP contribution >= 0.6 is 22.7 Å². The highest BCUT2D eigenvalue weighted by Gasteiger charge is 2.40. The lowest BCUT2D eigenvalue weighted by Gasteiger charge is -2.34. The van der Waals surface area contributed by atoms with E-state index in [1.54, 1.807) is 0 Å². The molecule has 2 aromatic heterocycles. The molecule has 0 amide bonds. The molecule has 0 saturated heterocycles. The van der Waals surface area contributed by atoms with Gasteiger partial charge in [0.25, 0.3) is 6.71 Å². The third-order valence-corrected chi connectivity index (χ3v) is 15.0. The van der Waals surface area contributed by atoms with E-state index >= 15 is 0 Å². The Morgan fingerprint density at radius 3 is 1.22 bits per heavy atom. The van der Waals surface area contributed by atoms with Crippen molar-refractivity contribution in [2.24, 2.45) is 0 Å². The molecule has 4 nitrogen and oxygen atoms in total. The average molecular weight is 845 g/mol. The number of anilines is 6. The molecule has 7 heteroatoms.